The van der Waals surface area contributed by atoms with Gasteiger partial charge in [-0.1, -0.05) is 6.92 Å². The van der Waals surface area contributed by atoms with Crippen molar-refractivity contribution in [1.29, 1.82) is 0 Å². The van der Waals surface area contributed by atoms with E-state index in [9.17, 15) is 14.7 Å². The summed E-state index contributed by atoms with van der Waals surface area (Å²) in [5.41, 5.74) is 0. The van der Waals surface area contributed by atoms with Crippen molar-refractivity contribution in [3.8, 4) is 0 Å². The molecule has 3 N–H and O–H groups in total. The molecule has 0 radical (unpaired) electrons. The molecule has 0 bridgehead atoms. The fraction of sp³-hybridized carbons (Fsp3) is 0.750. The number of carbonyl (C=O) groups is 2. The van der Waals surface area contributed by atoms with Crippen LogP contribution in [0.25, 0.3) is 0 Å². The Morgan fingerprint density at radius 1 is 1.40 bits per heavy atom. The van der Waals surface area contributed by atoms with Crippen molar-refractivity contribution in [2.75, 3.05) is 0 Å². The normalized spacial score (nSPS) is 35.3. The number of carboxylic acids is 2. The van der Waals surface area contributed by atoms with E-state index in [-0.39, 0.29) is 48.3 Å². The molecule has 1 heterocycles. The first-order valence-corrected chi connectivity index (χ1v) is 4.21. The van der Waals surface area contributed by atoms with Gasteiger partial charge in [0.2, 0.25) is 0 Å². The van der Waals surface area contributed by atoms with Gasteiger partial charge in [-0.2, -0.15) is 0 Å². The van der Waals surface area contributed by atoms with Crippen LogP contribution in [-0.4, -0.2) is 68.7 Å². The number of hydrogen-bond acceptors (Lipinski definition) is 4. The quantitative estimate of drug-likeness (QED) is 0.524. The van der Waals surface area contributed by atoms with Crippen LogP contribution in [0, 0.1) is 5.92 Å². The first-order chi connectivity index (χ1) is 6.35. The number of carboxylic acid groups (broad SMARTS) is 2. The molecule has 1 fully saturated rings. The van der Waals surface area contributed by atoms with Gasteiger partial charge < -0.3 is 20.1 Å². The van der Waals surface area contributed by atoms with Gasteiger partial charge in [0.1, 0.15) is 0 Å². The molecule has 7 heteroatoms. The predicted octanol–water partition coefficient (Wildman–Crippen LogP) is -0.989. The fourth-order valence-electron chi connectivity index (χ4n) is 1.54. The van der Waals surface area contributed by atoms with Gasteiger partial charge in [0.05, 0.1) is 0 Å². The van der Waals surface area contributed by atoms with E-state index in [0.717, 1.165) is 0 Å². The summed E-state index contributed by atoms with van der Waals surface area (Å²) in [6, 6.07) is 0. The van der Waals surface area contributed by atoms with Crippen LogP contribution < -0.4 is 0 Å². The molecule has 1 saturated heterocycles. The SMILES string of the molecule is CC1CC(C(=O)O)OC(O)(C(=O)O)C1.[NaH]. The Hall–Kier alpha value is -0.140. The van der Waals surface area contributed by atoms with Crippen LogP contribution in [-0.2, 0) is 14.3 Å². The molecule has 3 atom stereocenters. The van der Waals surface area contributed by atoms with E-state index in [0.29, 0.717) is 0 Å². The van der Waals surface area contributed by atoms with Gasteiger partial charge in [-0.15, -0.1) is 0 Å². The van der Waals surface area contributed by atoms with Crippen molar-refractivity contribution in [1.82, 2.24) is 0 Å². The molecule has 15 heavy (non-hydrogen) atoms. The summed E-state index contributed by atoms with van der Waals surface area (Å²) in [5, 5.41) is 26.7. The van der Waals surface area contributed by atoms with Crippen LogP contribution in [0.1, 0.15) is 19.8 Å². The molecule has 0 spiro atoms. The third kappa shape index (κ3) is 3.42. The van der Waals surface area contributed by atoms with Gasteiger partial charge in [-0.05, 0) is 12.3 Å². The summed E-state index contributed by atoms with van der Waals surface area (Å²) in [7, 11) is 0. The molecule has 3 unspecified atom stereocenters. The molecule has 1 aliphatic heterocycles. The number of aliphatic hydroxyl groups is 1. The first-order valence-electron chi connectivity index (χ1n) is 4.21. The minimum atomic E-state index is -2.36. The van der Waals surface area contributed by atoms with Crippen LogP contribution >= 0.6 is 0 Å². The van der Waals surface area contributed by atoms with Gasteiger partial charge in [-0.25, -0.2) is 9.59 Å². The zero-order valence-electron chi connectivity index (χ0n) is 7.64. The Morgan fingerprint density at radius 2 is 1.93 bits per heavy atom. The molecule has 82 valence electrons. The van der Waals surface area contributed by atoms with E-state index < -0.39 is 23.8 Å². The molecule has 0 aliphatic carbocycles. The summed E-state index contributed by atoms with van der Waals surface area (Å²) in [6.45, 7) is 1.67. The van der Waals surface area contributed by atoms with Gasteiger partial charge in [0.25, 0.3) is 5.79 Å². The summed E-state index contributed by atoms with van der Waals surface area (Å²) in [6.07, 6.45) is -1.13. The second-order valence-corrected chi connectivity index (χ2v) is 3.58. The van der Waals surface area contributed by atoms with Gasteiger partial charge in [-0.3, -0.25) is 0 Å². The number of ether oxygens (including phenoxy) is 1. The summed E-state index contributed by atoms with van der Waals surface area (Å²) in [4.78, 5) is 21.2. The molecule has 1 aliphatic rings. The molecule has 0 aromatic carbocycles. The van der Waals surface area contributed by atoms with Crippen molar-refractivity contribution in [3.63, 3.8) is 0 Å². The minimum absolute atomic E-state index is 0. The van der Waals surface area contributed by atoms with Crippen LogP contribution in [0.3, 0.4) is 0 Å². The molecular formula is C8H13NaO6. The monoisotopic (exact) mass is 228 g/mol. The van der Waals surface area contributed by atoms with E-state index >= 15 is 0 Å². The van der Waals surface area contributed by atoms with Crippen LogP contribution in [0.2, 0.25) is 0 Å². The van der Waals surface area contributed by atoms with Crippen LogP contribution in [0.15, 0.2) is 0 Å². The van der Waals surface area contributed by atoms with E-state index in [1.165, 1.54) is 0 Å². The van der Waals surface area contributed by atoms with Crippen LogP contribution in [0.4, 0.5) is 0 Å². The summed E-state index contributed by atoms with van der Waals surface area (Å²) < 4.78 is 4.62. The zero-order chi connectivity index (χ0) is 10.9. The Labute approximate surface area is 109 Å². The van der Waals surface area contributed by atoms with E-state index in [4.69, 9.17) is 10.2 Å². The molecule has 6 nitrogen and oxygen atoms in total. The van der Waals surface area contributed by atoms with Crippen molar-refractivity contribution >= 4 is 41.5 Å². The first kappa shape index (κ1) is 14.9. The average Bonchev–Trinajstić information content (AvgIpc) is 2.02. The Kier molecular flexibility index (Phi) is 5.22. The summed E-state index contributed by atoms with van der Waals surface area (Å²) in [5.74, 6) is -5.36. The Morgan fingerprint density at radius 3 is 2.33 bits per heavy atom. The molecule has 0 aromatic rings. The van der Waals surface area contributed by atoms with E-state index in [1.54, 1.807) is 6.92 Å². The van der Waals surface area contributed by atoms with Gasteiger partial charge in [0, 0.05) is 6.42 Å². The van der Waals surface area contributed by atoms with E-state index in [1.807, 2.05) is 0 Å². The molecular weight excluding hydrogens is 215 g/mol. The molecule has 1 rings (SSSR count). The average molecular weight is 228 g/mol. The Bertz CT molecular complexity index is 268. The maximum atomic E-state index is 10.6. The second kappa shape index (κ2) is 5.27. The van der Waals surface area contributed by atoms with Gasteiger partial charge in [0.15, 0.2) is 6.10 Å². The van der Waals surface area contributed by atoms with Crippen LogP contribution in [0.5, 0.6) is 0 Å². The zero-order valence-corrected chi connectivity index (χ0v) is 7.64. The van der Waals surface area contributed by atoms with Gasteiger partial charge >= 0.3 is 41.5 Å². The summed E-state index contributed by atoms with van der Waals surface area (Å²) >= 11 is 0. The predicted molar refractivity (Wildman–Crippen MR) is 50.6 cm³/mol. The molecule has 0 aromatic heterocycles. The van der Waals surface area contributed by atoms with E-state index in [2.05, 4.69) is 4.74 Å². The topological polar surface area (TPSA) is 104 Å². The molecule has 0 saturated carbocycles. The van der Waals surface area contributed by atoms with Crippen molar-refractivity contribution in [2.45, 2.75) is 31.7 Å². The number of hydrogen-bond donors (Lipinski definition) is 3. The molecule has 0 amide bonds. The second-order valence-electron chi connectivity index (χ2n) is 3.58. The van der Waals surface area contributed by atoms with Crippen molar-refractivity contribution in [3.05, 3.63) is 0 Å². The maximum absolute atomic E-state index is 10.6. The van der Waals surface area contributed by atoms with Crippen molar-refractivity contribution < 1.29 is 29.6 Å². The Balaban J connectivity index is 0.00000196. The standard InChI is InChI=1S/C8H12O6.Na.H/c1-4-2-5(6(9)10)14-8(13,3-4)7(11)12;;/h4-5,13H,2-3H2,1H3,(H,9,10)(H,11,12);;. The van der Waals surface area contributed by atoms with Crippen molar-refractivity contribution in [2.24, 2.45) is 5.92 Å². The number of rotatable bonds is 2. The fourth-order valence-corrected chi connectivity index (χ4v) is 1.54. The third-order valence-corrected chi connectivity index (χ3v) is 2.19. The number of aliphatic carboxylic acids is 2. The third-order valence-electron chi connectivity index (χ3n) is 2.19.